The molecule has 0 radical (unpaired) electrons. The molecule has 3 unspecified atom stereocenters. The number of benzene rings is 1. The van der Waals surface area contributed by atoms with Gasteiger partial charge >= 0.3 is 0 Å². The first-order chi connectivity index (χ1) is 20.4. The fourth-order valence-corrected chi connectivity index (χ4v) is 7.62. The molecule has 8 nitrogen and oxygen atoms in total. The molecule has 0 spiro atoms. The number of methoxy groups -OCH3 is 1. The highest BCUT2D eigenvalue weighted by atomic mass is 32.1. The second kappa shape index (κ2) is 13.6. The number of unbranched alkanes of at least 4 members (excludes halogenated alkanes) is 1. The van der Waals surface area contributed by atoms with Gasteiger partial charge in [0.15, 0.2) is 5.83 Å². The molecule has 3 aliphatic rings. The highest BCUT2D eigenvalue weighted by Gasteiger charge is 2.35. The highest BCUT2D eigenvalue weighted by Crippen LogP contribution is 2.46. The lowest BCUT2D eigenvalue weighted by Crippen LogP contribution is -2.28. The summed E-state index contributed by atoms with van der Waals surface area (Å²) < 4.78 is 25.6. The zero-order valence-corrected chi connectivity index (χ0v) is 26.6. The summed E-state index contributed by atoms with van der Waals surface area (Å²) in [5, 5.41) is 15.1. The van der Waals surface area contributed by atoms with Gasteiger partial charge in [-0.15, -0.1) is 20.6 Å². The molecule has 0 amide bonds. The Morgan fingerprint density at radius 2 is 2.05 bits per heavy atom. The predicted octanol–water partition coefficient (Wildman–Crippen LogP) is 6.09. The average molecular weight is 611 g/mol. The second-order valence-corrected chi connectivity index (χ2v) is 12.7. The van der Waals surface area contributed by atoms with Gasteiger partial charge in [-0.05, 0) is 41.9 Å². The molecule has 2 aromatic heterocycles. The third kappa shape index (κ3) is 5.85. The van der Waals surface area contributed by atoms with Crippen molar-refractivity contribution in [3.63, 3.8) is 0 Å². The van der Waals surface area contributed by atoms with Gasteiger partial charge in [0.25, 0.3) is 0 Å². The van der Waals surface area contributed by atoms with Crippen LogP contribution >= 0.6 is 20.6 Å². The summed E-state index contributed by atoms with van der Waals surface area (Å²) in [6, 6.07) is 1.75. The quantitative estimate of drug-likeness (QED) is 0.295. The van der Waals surface area contributed by atoms with Crippen LogP contribution in [0.25, 0.3) is 16.7 Å². The lowest BCUT2D eigenvalue weighted by molar-refractivity contribution is 0.134. The van der Waals surface area contributed by atoms with Gasteiger partial charge in [0, 0.05) is 55.5 Å². The number of anilines is 2. The minimum absolute atomic E-state index is 0.323. The number of nitrogens with two attached hydrogens (primary N) is 1. The van der Waals surface area contributed by atoms with Crippen LogP contribution in [-0.4, -0.2) is 36.8 Å². The molecule has 3 aromatic rings. The van der Waals surface area contributed by atoms with E-state index in [-0.39, 0.29) is 0 Å². The third-order valence-corrected chi connectivity index (χ3v) is 10.0. The summed E-state index contributed by atoms with van der Waals surface area (Å²) in [7, 11) is 4.61. The molecule has 11 heteroatoms. The maximum Gasteiger partial charge on any atom is 0.225 e. The molecular weight excluding hydrogens is 570 g/mol. The normalized spacial score (nSPS) is 18.0. The van der Waals surface area contributed by atoms with E-state index in [1.165, 1.54) is 31.9 Å². The number of aromatic nitrogens is 2. The number of rotatable bonds is 8. The van der Waals surface area contributed by atoms with Gasteiger partial charge in [0.1, 0.15) is 11.1 Å². The van der Waals surface area contributed by atoms with Crippen molar-refractivity contribution in [2.24, 2.45) is 5.92 Å². The van der Waals surface area contributed by atoms with Gasteiger partial charge in [0.2, 0.25) is 5.95 Å². The maximum atomic E-state index is 14.6. The van der Waals surface area contributed by atoms with Crippen LogP contribution in [0.4, 0.5) is 15.3 Å². The number of ether oxygens (including phenoxy) is 2. The van der Waals surface area contributed by atoms with Crippen molar-refractivity contribution in [1.82, 2.24) is 15.3 Å². The van der Waals surface area contributed by atoms with Gasteiger partial charge in [-0.3, -0.25) is 0 Å². The molecule has 3 aliphatic heterocycles. The van der Waals surface area contributed by atoms with Crippen molar-refractivity contribution >= 4 is 53.6 Å². The molecule has 42 heavy (non-hydrogen) atoms. The first-order valence-corrected chi connectivity index (χ1v) is 16.2. The van der Waals surface area contributed by atoms with E-state index < -0.39 is 11.9 Å². The van der Waals surface area contributed by atoms with E-state index in [4.69, 9.17) is 20.2 Å². The van der Waals surface area contributed by atoms with Crippen LogP contribution < -0.4 is 21.3 Å². The van der Waals surface area contributed by atoms with Crippen LogP contribution in [0.2, 0.25) is 0 Å². The third-order valence-electron chi connectivity index (χ3n) is 8.42. The Bertz CT molecular complexity index is 1510. The summed E-state index contributed by atoms with van der Waals surface area (Å²) in [5.74, 6) is 1.11. The van der Waals surface area contributed by atoms with Crippen LogP contribution in [0.3, 0.4) is 0 Å². The van der Waals surface area contributed by atoms with Gasteiger partial charge in [0.05, 0.1) is 35.2 Å². The Balaban J connectivity index is 0.000000305. The van der Waals surface area contributed by atoms with E-state index in [1.807, 2.05) is 6.20 Å². The number of nitrogens with zero attached hydrogens (tertiary/aromatic N) is 4. The molecule has 5 heterocycles. The average Bonchev–Trinajstić information content (AvgIpc) is 3.77. The molecule has 3 N–H and O–H groups in total. The largest absolute Gasteiger partial charge is 0.389 e. The highest BCUT2D eigenvalue weighted by molar-refractivity contribution is 7.28. The van der Waals surface area contributed by atoms with Gasteiger partial charge in [-0.2, -0.15) is 5.26 Å². The van der Waals surface area contributed by atoms with Crippen LogP contribution in [0.5, 0.6) is 0 Å². The molecule has 1 fully saturated rings. The van der Waals surface area contributed by atoms with Gasteiger partial charge < -0.3 is 25.4 Å². The SMILES string of the molecule is CCCCC(CC)COC.N#Cc1c(N)sc2c1C(c1c3c(c4cnc(N5CCCC5)nc4c1P)COC3)NC=C2F. The molecule has 0 aliphatic carbocycles. The minimum Gasteiger partial charge on any atom is -0.389 e. The van der Waals surface area contributed by atoms with Gasteiger partial charge in [-0.25, -0.2) is 14.4 Å². The Morgan fingerprint density at radius 3 is 2.74 bits per heavy atom. The molecule has 0 saturated carbocycles. The molecular formula is C31H40FN6O2PS. The number of hydrogen-bond donors (Lipinski definition) is 2. The Morgan fingerprint density at radius 1 is 1.29 bits per heavy atom. The standard InChI is InChI=1S/C22H20FN6OPS.C9H20O/c23-14-7-26-18(16-10(5-24)21(25)32-20(14)16)15-13-9-30-8-12(13)11-6-27-22(28-17(11)19(15)31)29-3-1-2-4-29;1-4-6-7-9(5-2)8-10-3/h6-7,18,26H,1-4,8-9,25,31H2;9H,4-8H2,1-3H3. The number of nitrogen functional groups attached to an aromatic ring is 1. The van der Waals surface area contributed by atoms with Crippen molar-refractivity contribution in [3.05, 3.63) is 45.1 Å². The molecule has 6 rings (SSSR count). The monoisotopic (exact) mass is 610 g/mol. The first kappa shape index (κ1) is 30.6. The fraction of sp³-hybridized carbons (Fsp3) is 0.516. The summed E-state index contributed by atoms with van der Waals surface area (Å²) >= 11 is 1.11. The van der Waals surface area contributed by atoms with Crippen molar-refractivity contribution in [2.75, 3.05) is 37.4 Å². The predicted molar refractivity (Wildman–Crippen MR) is 172 cm³/mol. The number of nitrogens with one attached hydrogen (secondary N) is 1. The lowest BCUT2D eigenvalue weighted by atomic mass is 9.88. The van der Waals surface area contributed by atoms with Crippen LogP contribution in [0.15, 0.2) is 12.4 Å². The van der Waals surface area contributed by atoms with Crippen molar-refractivity contribution < 1.29 is 13.9 Å². The summed E-state index contributed by atoms with van der Waals surface area (Å²) in [6.45, 7) is 8.23. The van der Waals surface area contributed by atoms with Crippen LogP contribution in [0, 0.1) is 17.2 Å². The van der Waals surface area contributed by atoms with E-state index >= 15 is 0 Å². The van der Waals surface area contributed by atoms with Crippen molar-refractivity contribution in [3.8, 4) is 6.07 Å². The Kier molecular flexibility index (Phi) is 9.95. The Labute approximate surface area is 253 Å². The number of nitriles is 1. The van der Waals surface area contributed by atoms with E-state index in [0.29, 0.717) is 34.2 Å². The maximum absolute atomic E-state index is 14.6. The van der Waals surface area contributed by atoms with E-state index in [0.717, 1.165) is 88.6 Å². The smallest absolute Gasteiger partial charge is 0.225 e. The number of thiophene rings is 1. The van der Waals surface area contributed by atoms with Crippen LogP contribution in [0.1, 0.15) is 91.1 Å². The Hall–Kier alpha value is -2.83. The summed E-state index contributed by atoms with van der Waals surface area (Å²) in [4.78, 5) is 12.2. The molecule has 1 saturated heterocycles. The van der Waals surface area contributed by atoms with Crippen molar-refractivity contribution in [1.29, 1.82) is 5.26 Å². The second-order valence-electron chi connectivity index (χ2n) is 11.1. The molecule has 1 aromatic carbocycles. The number of halogens is 1. The number of hydrogen-bond acceptors (Lipinski definition) is 9. The molecule has 3 atom stereocenters. The van der Waals surface area contributed by atoms with E-state index in [9.17, 15) is 9.65 Å². The topological polar surface area (TPSA) is 109 Å². The summed E-state index contributed by atoms with van der Waals surface area (Å²) in [6.07, 6.45) is 10.8. The summed E-state index contributed by atoms with van der Waals surface area (Å²) in [5.41, 5.74) is 10.9. The van der Waals surface area contributed by atoms with Crippen molar-refractivity contribution in [2.45, 2.75) is 71.6 Å². The van der Waals surface area contributed by atoms with Crippen LogP contribution in [-0.2, 0) is 22.7 Å². The first-order valence-electron chi connectivity index (χ1n) is 14.8. The molecule has 224 valence electrons. The fourth-order valence-electron chi connectivity index (χ4n) is 6.10. The van der Waals surface area contributed by atoms with E-state index in [1.54, 1.807) is 7.11 Å². The molecule has 0 bridgehead atoms. The van der Waals surface area contributed by atoms with Gasteiger partial charge in [-0.1, -0.05) is 33.1 Å². The number of fused-ring (bicyclic) bond motifs is 4. The zero-order valence-electron chi connectivity index (χ0n) is 24.6. The van der Waals surface area contributed by atoms with E-state index in [2.05, 4.69) is 44.4 Å². The lowest BCUT2D eigenvalue weighted by Gasteiger charge is -2.27. The zero-order chi connectivity index (χ0) is 29.8. The minimum atomic E-state index is -0.426.